The maximum atomic E-state index is 13.3. The van der Waals surface area contributed by atoms with Crippen LogP contribution in [0, 0.1) is 5.82 Å². The van der Waals surface area contributed by atoms with E-state index in [4.69, 9.17) is 4.74 Å². The van der Waals surface area contributed by atoms with E-state index in [0.717, 1.165) is 23.1 Å². The topological polar surface area (TPSA) is 59.9 Å². The lowest BCUT2D eigenvalue weighted by Gasteiger charge is -2.12. The normalized spacial score (nSPS) is 12.6. The third-order valence-corrected chi connectivity index (χ3v) is 3.69. The molecule has 0 fully saturated rings. The largest absolute Gasteiger partial charge is 0.489 e. The molecule has 0 atom stereocenters. The van der Waals surface area contributed by atoms with Gasteiger partial charge in [-0.1, -0.05) is 6.07 Å². The van der Waals surface area contributed by atoms with Gasteiger partial charge in [0.25, 0.3) is 0 Å². The molecule has 6 heteroatoms. The van der Waals surface area contributed by atoms with E-state index in [1.54, 1.807) is 30.7 Å². The number of rotatable bonds is 3. The molecule has 1 aliphatic rings. The van der Waals surface area contributed by atoms with Crippen LogP contribution in [-0.4, -0.2) is 21.6 Å². The zero-order chi connectivity index (χ0) is 15.6. The van der Waals surface area contributed by atoms with Crippen LogP contribution in [0.1, 0.15) is 5.56 Å². The van der Waals surface area contributed by atoms with Crippen LogP contribution in [0.5, 0.6) is 5.75 Å². The van der Waals surface area contributed by atoms with Crippen LogP contribution in [-0.2, 0) is 6.42 Å². The average Bonchev–Trinajstić information content (AvgIpc) is 3.06. The second kappa shape index (κ2) is 5.64. The Morgan fingerprint density at radius 1 is 1.13 bits per heavy atom. The van der Waals surface area contributed by atoms with Gasteiger partial charge in [0.05, 0.1) is 6.61 Å². The molecule has 114 valence electrons. The van der Waals surface area contributed by atoms with E-state index in [0.29, 0.717) is 23.9 Å². The Kier molecular flexibility index (Phi) is 3.34. The minimum atomic E-state index is -0.300. The fourth-order valence-corrected chi connectivity index (χ4v) is 2.67. The first-order chi connectivity index (χ1) is 11.3. The van der Waals surface area contributed by atoms with E-state index in [2.05, 4.69) is 20.3 Å². The molecule has 0 unspecified atom stereocenters. The van der Waals surface area contributed by atoms with Crippen molar-refractivity contribution in [2.45, 2.75) is 6.42 Å². The molecule has 1 N–H and O–H groups in total. The van der Waals surface area contributed by atoms with Gasteiger partial charge in [0.1, 0.15) is 12.1 Å². The third-order valence-electron chi connectivity index (χ3n) is 3.69. The lowest BCUT2D eigenvalue weighted by atomic mass is 10.0. The lowest BCUT2D eigenvalue weighted by Crippen LogP contribution is -1.98. The smallest absolute Gasteiger partial charge is 0.173 e. The molecular weight excluding hydrogens is 295 g/mol. The summed E-state index contributed by atoms with van der Waals surface area (Å²) in [5.41, 5.74) is 3.56. The van der Waals surface area contributed by atoms with E-state index >= 15 is 0 Å². The summed E-state index contributed by atoms with van der Waals surface area (Å²) in [4.78, 5) is 12.5. The first-order valence-electron chi connectivity index (χ1n) is 7.24. The Morgan fingerprint density at radius 3 is 2.83 bits per heavy atom. The summed E-state index contributed by atoms with van der Waals surface area (Å²) in [7, 11) is 0. The summed E-state index contributed by atoms with van der Waals surface area (Å²) in [5.74, 6) is 0.991. The van der Waals surface area contributed by atoms with Gasteiger partial charge in [-0.25, -0.2) is 19.3 Å². The molecule has 3 aromatic rings. The molecule has 1 aliphatic heterocycles. The Balaban J connectivity index is 1.75. The molecule has 23 heavy (non-hydrogen) atoms. The van der Waals surface area contributed by atoms with Crippen molar-refractivity contribution in [2.75, 3.05) is 11.9 Å². The number of halogens is 1. The molecule has 4 rings (SSSR count). The number of aromatic nitrogens is 3. The van der Waals surface area contributed by atoms with Gasteiger partial charge in [0.15, 0.2) is 11.6 Å². The summed E-state index contributed by atoms with van der Waals surface area (Å²) < 4.78 is 19.1. The molecule has 2 aromatic heterocycles. The number of anilines is 2. The van der Waals surface area contributed by atoms with Crippen molar-refractivity contribution in [3.63, 3.8) is 0 Å². The minimum absolute atomic E-state index is 0.300. The predicted octanol–water partition coefficient (Wildman–Crippen LogP) is 3.36. The molecule has 0 aliphatic carbocycles. The predicted molar refractivity (Wildman–Crippen MR) is 84.1 cm³/mol. The lowest BCUT2D eigenvalue weighted by molar-refractivity contribution is 0.357. The van der Waals surface area contributed by atoms with Gasteiger partial charge in [-0.15, -0.1) is 0 Å². The molecule has 0 radical (unpaired) electrons. The maximum Gasteiger partial charge on any atom is 0.173 e. The van der Waals surface area contributed by atoms with Crippen LogP contribution in [0.2, 0.25) is 0 Å². The number of fused-ring (bicyclic) bond motifs is 1. The highest BCUT2D eigenvalue weighted by molar-refractivity contribution is 5.75. The quantitative estimate of drug-likeness (QED) is 0.804. The van der Waals surface area contributed by atoms with E-state index in [1.165, 1.54) is 18.5 Å². The molecule has 0 saturated carbocycles. The monoisotopic (exact) mass is 308 g/mol. The van der Waals surface area contributed by atoms with Crippen molar-refractivity contribution >= 4 is 11.5 Å². The molecule has 1 aromatic carbocycles. The van der Waals surface area contributed by atoms with E-state index in [9.17, 15) is 4.39 Å². The fourth-order valence-electron chi connectivity index (χ4n) is 2.67. The average molecular weight is 308 g/mol. The van der Waals surface area contributed by atoms with Gasteiger partial charge in [-0.3, -0.25) is 0 Å². The molecule has 0 bridgehead atoms. The Bertz CT molecular complexity index is 854. The zero-order valence-electron chi connectivity index (χ0n) is 12.2. The van der Waals surface area contributed by atoms with Crippen molar-refractivity contribution in [3.8, 4) is 16.9 Å². The van der Waals surface area contributed by atoms with E-state index in [1.807, 2.05) is 0 Å². The molecule has 0 saturated heterocycles. The van der Waals surface area contributed by atoms with Crippen molar-refractivity contribution < 1.29 is 9.13 Å². The molecular formula is C17H13FN4O. The Morgan fingerprint density at radius 2 is 2.00 bits per heavy atom. The van der Waals surface area contributed by atoms with Crippen LogP contribution in [0.15, 0.2) is 49.2 Å². The van der Waals surface area contributed by atoms with E-state index in [-0.39, 0.29) is 5.82 Å². The molecule has 5 nitrogen and oxygen atoms in total. The van der Waals surface area contributed by atoms with Gasteiger partial charge in [0, 0.05) is 47.4 Å². The van der Waals surface area contributed by atoms with Crippen molar-refractivity contribution in [1.82, 2.24) is 15.0 Å². The second-order valence-corrected chi connectivity index (χ2v) is 5.19. The number of benzene rings is 1. The van der Waals surface area contributed by atoms with Crippen LogP contribution >= 0.6 is 0 Å². The number of hydrogen-bond acceptors (Lipinski definition) is 5. The van der Waals surface area contributed by atoms with Gasteiger partial charge in [-0.2, -0.15) is 0 Å². The molecule has 0 amide bonds. The van der Waals surface area contributed by atoms with Gasteiger partial charge < -0.3 is 10.1 Å². The maximum absolute atomic E-state index is 13.3. The second-order valence-electron chi connectivity index (χ2n) is 5.19. The summed E-state index contributed by atoms with van der Waals surface area (Å²) in [5, 5.41) is 3.12. The van der Waals surface area contributed by atoms with Crippen LogP contribution in [0.3, 0.4) is 0 Å². The van der Waals surface area contributed by atoms with Crippen LogP contribution in [0.4, 0.5) is 15.9 Å². The number of nitrogens with zero attached hydrogens (tertiary/aromatic N) is 3. The highest BCUT2D eigenvalue weighted by Gasteiger charge is 2.22. The SMILES string of the molecule is Fc1cccc(Nc2ncc(-c3cncnc3)c3c2OCC3)c1. The first-order valence-corrected chi connectivity index (χ1v) is 7.24. The number of hydrogen-bond donors (Lipinski definition) is 1. The summed E-state index contributed by atoms with van der Waals surface area (Å²) in [6.07, 6.45) is 7.56. The standard InChI is InChI=1S/C17H13FN4O/c18-12-2-1-3-13(6-12)22-17-16-14(4-5-23-16)15(9-21-17)11-7-19-10-20-8-11/h1-3,6-10H,4-5H2,(H,21,22). The van der Waals surface area contributed by atoms with Crippen LogP contribution in [0.25, 0.3) is 11.1 Å². The van der Waals surface area contributed by atoms with Gasteiger partial charge >= 0.3 is 0 Å². The van der Waals surface area contributed by atoms with Crippen molar-refractivity contribution in [3.05, 3.63) is 60.6 Å². The summed E-state index contributed by atoms with van der Waals surface area (Å²) in [6.45, 7) is 0.597. The highest BCUT2D eigenvalue weighted by Crippen LogP contribution is 2.39. The minimum Gasteiger partial charge on any atom is -0.489 e. The van der Waals surface area contributed by atoms with Crippen LogP contribution < -0.4 is 10.1 Å². The van der Waals surface area contributed by atoms with Crippen molar-refractivity contribution in [2.24, 2.45) is 0 Å². The van der Waals surface area contributed by atoms with Gasteiger partial charge in [-0.05, 0) is 18.2 Å². The number of nitrogens with one attached hydrogen (secondary N) is 1. The third kappa shape index (κ3) is 2.59. The fraction of sp³-hybridized carbons (Fsp3) is 0.118. The Labute approximate surface area is 132 Å². The summed E-state index contributed by atoms with van der Waals surface area (Å²) >= 11 is 0. The van der Waals surface area contributed by atoms with Crippen molar-refractivity contribution in [1.29, 1.82) is 0 Å². The highest BCUT2D eigenvalue weighted by atomic mass is 19.1. The molecule has 0 spiro atoms. The van der Waals surface area contributed by atoms with Gasteiger partial charge in [0.2, 0.25) is 0 Å². The zero-order valence-corrected chi connectivity index (χ0v) is 12.2. The number of pyridine rings is 1. The molecule has 3 heterocycles. The first kappa shape index (κ1) is 13.6. The van der Waals surface area contributed by atoms with E-state index < -0.39 is 0 Å². The Hall–Kier alpha value is -3.02. The summed E-state index contributed by atoms with van der Waals surface area (Å²) in [6, 6.07) is 6.25. The number of ether oxygens (including phenoxy) is 1.